The predicted octanol–water partition coefficient (Wildman–Crippen LogP) is 0.671. The fourth-order valence-corrected chi connectivity index (χ4v) is 2.60. The second kappa shape index (κ2) is 6.52. The Balaban J connectivity index is 2.03. The summed E-state index contributed by atoms with van der Waals surface area (Å²) in [5.41, 5.74) is 6.84. The molecule has 1 aromatic rings. The average molecular weight is 275 g/mol. The molecule has 1 aliphatic heterocycles. The highest BCUT2D eigenvalue weighted by atomic mass is 16.2. The van der Waals surface area contributed by atoms with E-state index in [0.29, 0.717) is 13.1 Å². The first-order chi connectivity index (χ1) is 9.63. The Labute approximate surface area is 119 Å². The lowest BCUT2D eigenvalue weighted by molar-refractivity contribution is -0.136. The minimum Gasteiger partial charge on any atom is -0.359 e. The molecule has 0 spiro atoms. The summed E-state index contributed by atoms with van der Waals surface area (Å²) in [7, 11) is 1.62. The van der Waals surface area contributed by atoms with Gasteiger partial charge in [-0.2, -0.15) is 0 Å². The number of rotatable bonds is 3. The Bertz CT molecular complexity index is 475. The van der Waals surface area contributed by atoms with Crippen molar-refractivity contribution in [3.05, 3.63) is 35.9 Å². The van der Waals surface area contributed by atoms with Gasteiger partial charge in [0.15, 0.2) is 0 Å². The van der Waals surface area contributed by atoms with Crippen LogP contribution in [0.15, 0.2) is 30.3 Å². The number of piperidine rings is 1. The van der Waals surface area contributed by atoms with Gasteiger partial charge in [-0.25, -0.2) is 0 Å². The summed E-state index contributed by atoms with van der Waals surface area (Å²) in [5, 5.41) is 2.65. The number of amides is 2. The first kappa shape index (κ1) is 14.5. The number of nitrogens with one attached hydrogen (secondary N) is 1. The van der Waals surface area contributed by atoms with E-state index < -0.39 is 6.04 Å². The molecule has 5 heteroatoms. The normalized spacial score (nSPS) is 20.3. The van der Waals surface area contributed by atoms with Gasteiger partial charge in [0.25, 0.3) is 0 Å². The van der Waals surface area contributed by atoms with Crippen LogP contribution in [0.1, 0.15) is 24.4 Å². The van der Waals surface area contributed by atoms with Crippen LogP contribution in [-0.2, 0) is 9.59 Å². The van der Waals surface area contributed by atoms with Crippen molar-refractivity contribution in [2.75, 3.05) is 20.1 Å². The van der Waals surface area contributed by atoms with Gasteiger partial charge in [-0.1, -0.05) is 30.3 Å². The van der Waals surface area contributed by atoms with Crippen molar-refractivity contribution in [1.82, 2.24) is 10.2 Å². The molecule has 3 N–H and O–H groups in total. The maximum Gasteiger partial charge on any atom is 0.244 e. The molecule has 5 nitrogen and oxygen atoms in total. The second-order valence-corrected chi connectivity index (χ2v) is 5.13. The third kappa shape index (κ3) is 3.17. The fourth-order valence-electron chi connectivity index (χ4n) is 2.60. The summed E-state index contributed by atoms with van der Waals surface area (Å²) in [6, 6.07) is 8.67. The number of hydrogen-bond acceptors (Lipinski definition) is 3. The maximum atomic E-state index is 12.4. The summed E-state index contributed by atoms with van der Waals surface area (Å²) >= 11 is 0. The molecular formula is C15H21N3O2. The van der Waals surface area contributed by atoms with Crippen LogP contribution in [0.2, 0.25) is 0 Å². The zero-order chi connectivity index (χ0) is 14.5. The zero-order valence-corrected chi connectivity index (χ0v) is 11.7. The van der Waals surface area contributed by atoms with Crippen LogP contribution in [-0.4, -0.2) is 36.9 Å². The molecule has 1 unspecified atom stereocenters. The van der Waals surface area contributed by atoms with E-state index in [1.807, 2.05) is 30.3 Å². The van der Waals surface area contributed by atoms with Crippen LogP contribution >= 0.6 is 0 Å². The molecule has 1 saturated heterocycles. The molecule has 2 rings (SSSR count). The molecule has 2 amide bonds. The van der Waals surface area contributed by atoms with Crippen LogP contribution in [0.25, 0.3) is 0 Å². The lowest BCUT2D eigenvalue weighted by atomic mass is 9.96. The van der Waals surface area contributed by atoms with Gasteiger partial charge in [-0.15, -0.1) is 0 Å². The van der Waals surface area contributed by atoms with Gasteiger partial charge in [-0.3, -0.25) is 9.59 Å². The highest BCUT2D eigenvalue weighted by Crippen LogP contribution is 2.20. The summed E-state index contributed by atoms with van der Waals surface area (Å²) in [5.74, 6) is -0.235. The van der Waals surface area contributed by atoms with Gasteiger partial charge < -0.3 is 16.0 Å². The quantitative estimate of drug-likeness (QED) is 0.851. The molecule has 108 valence electrons. The zero-order valence-electron chi connectivity index (χ0n) is 11.7. The molecule has 0 radical (unpaired) electrons. The van der Waals surface area contributed by atoms with Gasteiger partial charge in [0.05, 0.1) is 5.92 Å². The Hall–Kier alpha value is -1.88. The van der Waals surface area contributed by atoms with Gasteiger partial charge in [0.1, 0.15) is 6.04 Å². The Kier molecular flexibility index (Phi) is 4.74. The molecule has 1 aliphatic rings. The summed E-state index contributed by atoms with van der Waals surface area (Å²) in [6.07, 6.45) is 1.66. The molecule has 20 heavy (non-hydrogen) atoms. The fraction of sp³-hybridized carbons (Fsp3) is 0.467. The smallest absolute Gasteiger partial charge is 0.244 e. The van der Waals surface area contributed by atoms with Crippen LogP contribution in [0, 0.1) is 5.92 Å². The average Bonchev–Trinajstić information content (AvgIpc) is 2.53. The van der Waals surface area contributed by atoms with Crippen molar-refractivity contribution in [3.8, 4) is 0 Å². The SMILES string of the molecule is CNC(=O)C1CCCN(C(=O)[C@@H](N)c2ccccc2)C1. The molecular weight excluding hydrogens is 254 g/mol. The van der Waals surface area contributed by atoms with E-state index in [1.165, 1.54) is 0 Å². The molecule has 0 bridgehead atoms. The molecule has 2 atom stereocenters. The lowest BCUT2D eigenvalue weighted by Crippen LogP contribution is -2.47. The van der Waals surface area contributed by atoms with E-state index in [-0.39, 0.29) is 17.7 Å². The summed E-state index contributed by atoms with van der Waals surface area (Å²) in [4.78, 5) is 25.8. The van der Waals surface area contributed by atoms with Gasteiger partial charge in [-0.05, 0) is 18.4 Å². The van der Waals surface area contributed by atoms with Crippen molar-refractivity contribution >= 4 is 11.8 Å². The van der Waals surface area contributed by atoms with Crippen molar-refractivity contribution in [2.24, 2.45) is 11.7 Å². The molecule has 1 heterocycles. The summed E-state index contributed by atoms with van der Waals surface area (Å²) in [6.45, 7) is 1.13. The first-order valence-corrected chi connectivity index (χ1v) is 6.94. The standard InChI is InChI=1S/C15H21N3O2/c1-17-14(19)12-8-5-9-18(10-12)15(20)13(16)11-6-3-2-4-7-11/h2-4,6-7,12-13H,5,8-10,16H2,1H3,(H,17,19)/t12?,13-/m0/s1. The minimum absolute atomic E-state index is 0.00391. The van der Waals surface area contributed by atoms with Crippen LogP contribution < -0.4 is 11.1 Å². The van der Waals surface area contributed by atoms with Crippen LogP contribution in [0.5, 0.6) is 0 Å². The lowest BCUT2D eigenvalue weighted by Gasteiger charge is -2.33. The highest BCUT2D eigenvalue weighted by Gasteiger charge is 2.30. The Morgan fingerprint density at radius 1 is 1.35 bits per heavy atom. The van der Waals surface area contributed by atoms with E-state index in [9.17, 15) is 9.59 Å². The van der Waals surface area contributed by atoms with E-state index in [1.54, 1.807) is 11.9 Å². The van der Waals surface area contributed by atoms with Gasteiger partial charge in [0.2, 0.25) is 11.8 Å². The number of carbonyl (C=O) groups excluding carboxylic acids is 2. The minimum atomic E-state index is -0.653. The molecule has 1 fully saturated rings. The molecule has 0 saturated carbocycles. The molecule has 0 aliphatic carbocycles. The largest absolute Gasteiger partial charge is 0.359 e. The number of likely N-dealkylation sites (tertiary alicyclic amines) is 1. The first-order valence-electron chi connectivity index (χ1n) is 6.94. The van der Waals surface area contributed by atoms with Crippen molar-refractivity contribution in [3.63, 3.8) is 0 Å². The number of nitrogens with zero attached hydrogens (tertiary/aromatic N) is 1. The van der Waals surface area contributed by atoms with E-state index in [2.05, 4.69) is 5.32 Å². The summed E-state index contributed by atoms with van der Waals surface area (Å²) < 4.78 is 0. The molecule has 1 aromatic carbocycles. The van der Waals surface area contributed by atoms with Crippen molar-refractivity contribution in [1.29, 1.82) is 0 Å². The number of benzene rings is 1. The topological polar surface area (TPSA) is 75.4 Å². The number of carbonyl (C=O) groups is 2. The van der Waals surface area contributed by atoms with E-state index >= 15 is 0 Å². The molecule has 0 aromatic heterocycles. The van der Waals surface area contributed by atoms with Gasteiger partial charge >= 0.3 is 0 Å². The van der Waals surface area contributed by atoms with Crippen molar-refractivity contribution in [2.45, 2.75) is 18.9 Å². The van der Waals surface area contributed by atoms with E-state index in [4.69, 9.17) is 5.73 Å². The van der Waals surface area contributed by atoms with Crippen LogP contribution in [0.4, 0.5) is 0 Å². The third-order valence-corrected chi connectivity index (χ3v) is 3.77. The van der Waals surface area contributed by atoms with E-state index in [0.717, 1.165) is 18.4 Å². The number of nitrogens with two attached hydrogens (primary N) is 1. The van der Waals surface area contributed by atoms with Crippen LogP contribution in [0.3, 0.4) is 0 Å². The Morgan fingerprint density at radius 2 is 2.05 bits per heavy atom. The van der Waals surface area contributed by atoms with Gasteiger partial charge in [0, 0.05) is 20.1 Å². The maximum absolute atomic E-state index is 12.4. The Morgan fingerprint density at radius 3 is 2.70 bits per heavy atom. The monoisotopic (exact) mass is 275 g/mol. The van der Waals surface area contributed by atoms with Crippen molar-refractivity contribution < 1.29 is 9.59 Å². The number of hydrogen-bond donors (Lipinski definition) is 2. The second-order valence-electron chi connectivity index (χ2n) is 5.13. The highest BCUT2D eigenvalue weighted by molar-refractivity contribution is 5.84. The predicted molar refractivity (Wildman–Crippen MR) is 76.7 cm³/mol. The third-order valence-electron chi connectivity index (χ3n) is 3.77.